The Morgan fingerprint density at radius 2 is 1.83 bits per heavy atom. The summed E-state index contributed by atoms with van der Waals surface area (Å²) in [5.41, 5.74) is 4.01. The summed E-state index contributed by atoms with van der Waals surface area (Å²) in [7, 11) is 1.88. The summed E-state index contributed by atoms with van der Waals surface area (Å²) < 4.78 is 7.17. The minimum absolute atomic E-state index is 0.208. The number of aryl methyl sites for hydroxylation is 1. The number of fused-ring (bicyclic) bond motifs is 1. The van der Waals surface area contributed by atoms with Gasteiger partial charge in [-0.1, -0.05) is 41.4 Å². The molecule has 0 saturated carbocycles. The first-order valence-electron chi connectivity index (χ1n) is 11.3. The van der Waals surface area contributed by atoms with Crippen molar-refractivity contribution < 1.29 is 14.3 Å². The molecule has 0 radical (unpaired) electrons. The largest absolute Gasteiger partial charge is 0.444 e. The van der Waals surface area contributed by atoms with Crippen molar-refractivity contribution in [2.24, 2.45) is 7.05 Å². The third kappa shape index (κ3) is 6.16. The van der Waals surface area contributed by atoms with Crippen LogP contribution in [0.4, 0.5) is 4.79 Å². The lowest BCUT2D eigenvalue weighted by atomic mass is 10.0. The Morgan fingerprint density at radius 1 is 1.09 bits per heavy atom. The van der Waals surface area contributed by atoms with Crippen molar-refractivity contribution in [2.75, 3.05) is 0 Å². The SMILES string of the molecule is Cn1ccc(-c2ccc3c(c2)CN(C(=O)[C@@H](Cc2ccc(Cl)cc2Cl)NC(=O)OC(C)(C)C)C3)n1. The average Bonchev–Trinajstić information content (AvgIpc) is 3.38. The summed E-state index contributed by atoms with van der Waals surface area (Å²) in [6.07, 6.45) is 1.45. The topological polar surface area (TPSA) is 76.5 Å². The van der Waals surface area contributed by atoms with E-state index in [2.05, 4.69) is 16.5 Å². The van der Waals surface area contributed by atoms with Crippen molar-refractivity contribution >= 4 is 35.2 Å². The van der Waals surface area contributed by atoms with Crippen LogP contribution in [0, 0.1) is 0 Å². The molecule has 1 atom stereocenters. The molecule has 0 aliphatic carbocycles. The number of aromatic nitrogens is 2. The van der Waals surface area contributed by atoms with Gasteiger partial charge in [-0.3, -0.25) is 9.48 Å². The molecule has 0 unspecified atom stereocenters. The second kappa shape index (κ2) is 9.91. The van der Waals surface area contributed by atoms with Crippen molar-refractivity contribution in [3.05, 3.63) is 75.4 Å². The van der Waals surface area contributed by atoms with E-state index in [9.17, 15) is 9.59 Å². The van der Waals surface area contributed by atoms with Gasteiger partial charge in [-0.05, 0) is 61.7 Å². The number of rotatable bonds is 5. The monoisotopic (exact) mass is 514 g/mol. The van der Waals surface area contributed by atoms with Gasteiger partial charge in [-0.2, -0.15) is 5.10 Å². The molecule has 0 saturated heterocycles. The van der Waals surface area contributed by atoms with E-state index in [1.807, 2.05) is 31.4 Å². The summed E-state index contributed by atoms with van der Waals surface area (Å²) in [6.45, 7) is 6.22. The minimum Gasteiger partial charge on any atom is -0.444 e. The van der Waals surface area contributed by atoms with E-state index in [1.54, 1.807) is 48.6 Å². The number of hydrogen-bond acceptors (Lipinski definition) is 4. The fraction of sp³-hybridized carbons (Fsp3) is 0.346. The van der Waals surface area contributed by atoms with E-state index < -0.39 is 17.7 Å². The van der Waals surface area contributed by atoms with Crippen molar-refractivity contribution in [1.29, 1.82) is 0 Å². The predicted molar refractivity (Wildman–Crippen MR) is 136 cm³/mol. The van der Waals surface area contributed by atoms with Crippen LogP contribution in [0.25, 0.3) is 11.3 Å². The predicted octanol–water partition coefficient (Wildman–Crippen LogP) is 5.37. The van der Waals surface area contributed by atoms with E-state index in [4.69, 9.17) is 27.9 Å². The van der Waals surface area contributed by atoms with E-state index in [1.165, 1.54) is 0 Å². The maximum atomic E-state index is 13.6. The van der Waals surface area contributed by atoms with Gasteiger partial charge < -0.3 is 15.0 Å². The maximum absolute atomic E-state index is 13.6. The van der Waals surface area contributed by atoms with Gasteiger partial charge in [0.15, 0.2) is 0 Å². The fourth-order valence-electron chi connectivity index (χ4n) is 4.06. The molecular formula is C26H28Cl2N4O3. The molecule has 2 heterocycles. The smallest absolute Gasteiger partial charge is 0.408 e. The number of nitrogens with zero attached hydrogens (tertiary/aromatic N) is 3. The van der Waals surface area contributed by atoms with Crippen LogP contribution < -0.4 is 5.32 Å². The Morgan fingerprint density at radius 3 is 2.49 bits per heavy atom. The number of halogens is 2. The highest BCUT2D eigenvalue weighted by Gasteiger charge is 2.32. The van der Waals surface area contributed by atoms with Crippen LogP contribution in [0.3, 0.4) is 0 Å². The second-order valence-electron chi connectivity index (χ2n) is 9.69. The lowest BCUT2D eigenvalue weighted by molar-refractivity contribution is -0.134. The first-order chi connectivity index (χ1) is 16.5. The number of hydrogen-bond donors (Lipinski definition) is 1. The highest BCUT2D eigenvalue weighted by molar-refractivity contribution is 6.35. The molecule has 0 bridgehead atoms. The van der Waals surface area contributed by atoms with E-state index in [0.29, 0.717) is 28.7 Å². The Kier molecular flexibility index (Phi) is 7.10. The van der Waals surface area contributed by atoms with Gasteiger partial charge in [0.05, 0.1) is 5.69 Å². The molecule has 1 aromatic heterocycles. The molecule has 9 heteroatoms. The van der Waals surface area contributed by atoms with Crippen molar-refractivity contribution in [2.45, 2.75) is 51.9 Å². The van der Waals surface area contributed by atoms with Crippen molar-refractivity contribution in [3.8, 4) is 11.3 Å². The lowest BCUT2D eigenvalue weighted by Gasteiger charge is -2.26. The Hall–Kier alpha value is -3.03. The first-order valence-corrected chi connectivity index (χ1v) is 12.1. The summed E-state index contributed by atoms with van der Waals surface area (Å²) in [4.78, 5) is 27.9. The molecule has 0 fully saturated rings. The van der Waals surface area contributed by atoms with E-state index >= 15 is 0 Å². The van der Waals surface area contributed by atoms with Gasteiger partial charge >= 0.3 is 6.09 Å². The molecule has 1 aliphatic heterocycles. The number of carbonyl (C=O) groups is 2. The summed E-state index contributed by atoms with van der Waals surface area (Å²) >= 11 is 12.4. The zero-order chi connectivity index (χ0) is 25.3. The van der Waals surface area contributed by atoms with Crippen LogP contribution in [-0.4, -0.2) is 38.3 Å². The van der Waals surface area contributed by atoms with Gasteiger partial charge in [0.1, 0.15) is 11.6 Å². The standard InChI is InChI=1S/C26H28Cl2N4O3/c1-26(2,3)35-25(34)29-23(12-16-7-8-20(27)13-21(16)28)24(33)32-14-18-6-5-17(11-19(18)15-32)22-9-10-31(4)30-22/h5-11,13,23H,12,14-15H2,1-4H3,(H,29,34)/t23-/m1/s1. The van der Waals surface area contributed by atoms with Gasteiger partial charge in [-0.25, -0.2) is 4.79 Å². The average molecular weight is 515 g/mol. The quantitative estimate of drug-likeness (QED) is 0.496. The molecule has 184 valence electrons. The summed E-state index contributed by atoms with van der Waals surface area (Å²) in [5, 5.41) is 8.15. The third-order valence-corrected chi connectivity index (χ3v) is 6.26. The first kappa shape index (κ1) is 25.1. The van der Waals surface area contributed by atoms with E-state index in [-0.39, 0.29) is 12.3 Å². The van der Waals surface area contributed by atoms with E-state index in [0.717, 1.165) is 22.4 Å². The normalized spacial score (nSPS) is 13.9. The zero-order valence-corrected chi connectivity index (χ0v) is 21.7. The number of carbonyl (C=O) groups excluding carboxylic acids is 2. The summed E-state index contributed by atoms with van der Waals surface area (Å²) in [5.74, 6) is -0.211. The van der Waals surface area contributed by atoms with Crippen LogP contribution in [0.1, 0.15) is 37.5 Å². The molecule has 35 heavy (non-hydrogen) atoms. The van der Waals surface area contributed by atoms with Crippen molar-refractivity contribution in [1.82, 2.24) is 20.0 Å². The van der Waals surface area contributed by atoms with Crippen LogP contribution in [0.2, 0.25) is 10.0 Å². The highest BCUT2D eigenvalue weighted by Crippen LogP contribution is 2.29. The molecule has 2 aromatic carbocycles. The minimum atomic E-state index is -0.854. The van der Waals surface area contributed by atoms with Crippen LogP contribution in [-0.2, 0) is 36.1 Å². The Balaban J connectivity index is 1.54. The third-order valence-electron chi connectivity index (χ3n) is 5.68. The Bertz CT molecular complexity index is 1270. The lowest BCUT2D eigenvalue weighted by Crippen LogP contribution is -2.49. The number of nitrogens with one attached hydrogen (secondary N) is 1. The molecule has 1 aliphatic rings. The van der Waals surface area contributed by atoms with Gasteiger partial charge in [0.2, 0.25) is 5.91 Å². The summed E-state index contributed by atoms with van der Waals surface area (Å²) in [6, 6.07) is 12.3. The second-order valence-corrected chi connectivity index (χ2v) is 10.5. The number of amides is 2. The number of alkyl carbamates (subject to hydrolysis) is 1. The maximum Gasteiger partial charge on any atom is 0.408 e. The van der Waals surface area contributed by atoms with Gasteiger partial charge in [-0.15, -0.1) is 0 Å². The molecule has 1 N–H and O–H groups in total. The number of ether oxygens (including phenoxy) is 1. The molecule has 7 nitrogen and oxygen atoms in total. The van der Waals surface area contributed by atoms with Gasteiger partial charge in [0.25, 0.3) is 0 Å². The van der Waals surface area contributed by atoms with Gasteiger partial charge in [0, 0.05) is 48.4 Å². The van der Waals surface area contributed by atoms with Crippen LogP contribution in [0.15, 0.2) is 48.7 Å². The molecular weight excluding hydrogens is 487 g/mol. The number of benzene rings is 2. The molecule has 0 spiro atoms. The molecule has 4 rings (SSSR count). The molecule has 3 aromatic rings. The zero-order valence-electron chi connectivity index (χ0n) is 20.1. The van der Waals surface area contributed by atoms with Crippen LogP contribution in [0.5, 0.6) is 0 Å². The van der Waals surface area contributed by atoms with Crippen molar-refractivity contribution in [3.63, 3.8) is 0 Å². The Labute approximate surface area is 215 Å². The molecule has 2 amide bonds. The highest BCUT2D eigenvalue weighted by atomic mass is 35.5. The fourth-order valence-corrected chi connectivity index (χ4v) is 4.54. The van der Waals surface area contributed by atoms with Crippen LogP contribution >= 0.6 is 23.2 Å².